The van der Waals surface area contributed by atoms with Crippen LogP contribution in [-0.2, 0) is 28.6 Å². The van der Waals surface area contributed by atoms with Crippen LogP contribution in [0.3, 0.4) is 0 Å². The Morgan fingerprint density at radius 2 is 0.651 bits per heavy atom. The highest BCUT2D eigenvalue weighted by molar-refractivity contribution is 5.71. The fraction of sp³-hybridized carbons (Fsp3) is 0.772. The van der Waals surface area contributed by atoms with Crippen molar-refractivity contribution in [2.45, 2.75) is 271 Å². The van der Waals surface area contributed by atoms with E-state index in [9.17, 15) is 14.4 Å². The molecule has 0 saturated carbocycles. The van der Waals surface area contributed by atoms with Crippen molar-refractivity contribution in [1.29, 1.82) is 0 Å². The van der Waals surface area contributed by atoms with Crippen molar-refractivity contribution in [3.05, 3.63) is 60.8 Å². The van der Waals surface area contributed by atoms with Crippen LogP contribution in [0.2, 0.25) is 0 Å². The van der Waals surface area contributed by atoms with Crippen molar-refractivity contribution in [3.63, 3.8) is 0 Å². The predicted octanol–water partition coefficient (Wildman–Crippen LogP) is 17.6. The van der Waals surface area contributed by atoms with Gasteiger partial charge in [-0.15, -0.1) is 0 Å². The van der Waals surface area contributed by atoms with Gasteiger partial charge in [-0.1, -0.05) is 236 Å². The summed E-state index contributed by atoms with van der Waals surface area (Å²) in [4.78, 5) is 37.6. The Bertz CT molecular complexity index is 1150. The molecule has 1 atom stereocenters. The molecule has 0 aliphatic heterocycles. The summed E-state index contributed by atoms with van der Waals surface area (Å²) >= 11 is 0. The molecule has 0 amide bonds. The summed E-state index contributed by atoms with van der Waals surface area (Å²) in [6, 6.07) is 0. The van der Waals surface area contributed by atoms with Gasteiger partial charge >= 0.3 is 17.9 Å². The van der Waals surface area contributed by atoms with Gasteiger partial charge in [-0.2, -0.15) is 0 Å². The molecule has 0 aliphatic carbocycles. The van der Waals surface area contributed by atoms with Gasteiger partial charge in [0.1, 0.15) is 13.2 Å². The number of ether oxygens (including phenoxy) is 3. The third-order valence-electron chi connectivity index (χ3n) is 11.5. The Hall–Kier alpha value is -2.89. The van der Waals surface area contributed by atoms with E-state index in [0.717, 1.165) is 77.0 Å². The van der Waals surface area contributed by atoms with E-state index in [1.165, 1.54) is 141 Å². The number of unbranched alkanes of at least 4 members (excludes halogenated alkanes) is 27. The van der Waals surface area contributed by atoms with E-state index in [1.54, 1.807) is 0 Å². The summed E-state index contributed by atoms with van der Waals surface area (Å²) in [6.07, 6.45) is 64.3. The van der Waals surface area contributed by atoms with E-state index in [4.69, 9.17) is 14.2 Å². The van der Waals surface area contributed by atoms with Gasteiger partial charge in [-0.25, -0.2) is 0 Å². The average Bonchev–Trinajstić information content (AvgIpc) is 3.28. The lowest BCUT2D eigenvalue weighted by Crippen LogP contribution is -2.30. The molecule has 0 N–H and O–H groups in total. The number of hydrogen-bond donors (Lipinski definition) is 0. The predicted molar refractivity (Wildman–Crippen MR) is 270 cm³/mol. The van der Waals surface area contributed by atoms with E-state index in [2.05, 4.69) is 69.4 Å². The third kappa shape index (κ3) is 50.0. The lowest BCUT2D eigenvalue weighted by Gasteiger charge is -2.18. The molecule has 0 aromatic carbocycles. The summed E-state index contributed by atoms with van der Waals surface area (Å²) < 4.78 is 16.6. The zero-order valence-electron chi connectivity index (χ0n) is 41.6. The lowest BCUT2D eigenvalue weighted by atomic mass is 10.0. The van der Waals surface area contributed by atoms with Crippen LogP contribution < -0.4 is 0 Å². The van der Waals surface area contributed by atoms with Crippen molar-refractivity contribution in [2.75, 3.05) is 13.2 Å². The van der Waals surface area contributed by atoms with E-state index in [1.807, 2.05) is 12.2 Å². The van der Waals surface area contributed by atoms with Crippen molar-refractivity contribution in [3.8, 4) is 0 Å². The Morgan fingerprint density at radius 3 is 1.03 bits per heavy atom. The maximum Gasteiger partial charge on any atom is 0.306 e. The molecular formula is C57H100O6. The normalized spacial score (nSPS) is 12.5. The maximum absolute atomic E-state index is 12.7. The molecule has 0 aromatic rings. The van der Waals surface area contributed by atoms with Gasteiger partial charge < -0.3 is 14.2 Å². The first-order valence-corrected chi connectivity index (χ1v) is 26.8. The summed E-state index contributed by atoms with van der Waals surface area (Å²) in [5.41, 5.74) is 0. The lowest BCUT2D eigenvalue weighted by molar-refractivity contribution is -0.166. The van der Waals surface area contributed by atoms with Crippen molar-refractivity contribution < 1.29 is 28.6 Å². The average molecular weight is 881 g/mol. The fourth-order valence-corrected chi connectivity index (χ4v) is 7.51. The number of rotatable bonds is 48. The highest BCUT2D eigenvalue weighted by atomic mass is 16.6. The van der Waals surface area contributed by atoms with Crippen molar-refractivity contribution >= 4 is 17.9 Å². The quantitative estimate of drug-likeness (QED) is 0.0262. The second-order valence-corrected chi connectivity index (χ2v) is 17.8. The topological polar surface area (TPSA) is 78.9 Å². The molecule has 0 heterocycles. The molecule has 364 valence electrons. The van der Waals surface area contributed by atoms with Crippen LogP contribution in [0.4, 0.5) is 0 Å². The Morgan fingerprint density at radius 1 is 0.333 bits per heavy atom. The minimum atomic E-state index is -0.806. The molecular weight excluding hydrogens is 781 g/mol. The van der Waals surface area contributed by atoms with Crippen molar-refractivity contribution in [2.24, 2.45) is 0 Å². The van der Waals surface area contributed by atoms with Crippen LogP contribution in [0.5, 0.6) is 0 Å². The van der Waals surface area contributed by atoms with E-state index < -0.39 is 12.1 Å². The Labute approximate surface area is 390 Å². The number of hydrogen-bond acceptors (Lipinski definition) is 6. The molecule has 6 heteroatoms. The van der Waals surface area contributed by atoms with E-state index in [-0.39, 0.29) is 31.6 Å². The zero-order chi connectivity index (χ0) is 45.8. The van der Waals surface area contributed by atoms with Crippen LogP contribution in [0.25, 0.3) is 0 Å². The summed E-state index contributed by atoms with van der Waals surface area (Å²) in [5.74, 6) is -0.995. The molecule has 1 unspecified atom stereocenters. The van der Waals surface area contributed by atoms with Gasteiger partial charge in [0.25, 0.3) is 0 Å². The Kier molecular flexibility index (Phi) is 49.4. The largest absolute Gasteiger partial charge is 0.462 e. The first kappa shape index (κ1) is 60.1. The van der Waals surface area contributed by atoms with Gasteiger partial charge in [0.15, 0.2) is 6.10 Å². The minimum Gasteiger partial charge on any atom is -0.462 e. The fourth-order valence-electron chi connectivity index (χ4n) is 7.51. The molecule has 0 radical (unpaired) electrons. The molecule has 0 saturated heterocycles. The molecule has 63 heavy (non-hydrogen) atoms. The highest BCUT2D eigenvalue weighted by Gasteiger charge is 2.19. The van der Waals surface area contributed by atoms with Crippen LogP contribution >= 0.6 is 0 Å². The third-order valence-corrected chi connectivity index (χ3v) is 11.5. The standard InChI is InChI=1S/C57H100O6/c1-4-7-10-13-15-17-19-21-22-23-24-25-26-27-28-29-30-31-32-33-34-36-37-39-41-44-47-50-56(59)62-53-54(52-61-55(58)49-46-43-12-9-6-3)63-57(60)51-48-45-42-40-38-35-20-18-16-14-11-8-5-2/h8,11,16,18,23-24,35,38,42,45,54H,4-7,9-10,12-15,17,19-22,25-34,36-37,39-41,43-44,46-53H2,1-3H3/b11-8-,18-16-,24-23-,38-35-,45-42-. The summed E-state index contributed by atoms with van der Waals surface area (Å²) in [6.45, 7) is 6.38. The maximum atomic E-state index is 12.7. The molecule has 0 fully saturated rings. The van der Waals surface area contributed by atoms with Crippen LogP contribution in [0.1, 0.15) is 265 Å². The van der Waals surface area contributed by atoms with Crippen LogP contribution in [0.15, 0.2) is 60.8 Å². The molecule has 6 nitrogen and oxygen atoms in total. The van der Waals surface area contributed by atoms with E-state index in [0.29, 0.717) is 19.3 Å². The zero-order valence-corrected chi connectivity index (χ0v) is 41.6. The summed E-state index contributed by atoms with van der Waals surface area (Å²) in [5, 5.41) is 0. The molecule has 0 aliphatic rings. The number of esters is 3. The van der Waals surface area contributed by atoms with Gasteiger partial charge in [0.2, 0.25) is 0 Å². The number of carbonyl (C=O) groups is 3. The number of carbonyl (C=O) groups excluding carboxylic acids is 3. The minimum absolute atomic E-state index is 0.102. The molecule has 0 aromatic heterocycles. The van der Waals surface area contributed by atoms with Crippen molar-refractivity contribution in [1.82, 2.24) is 0 Å². The molecule has 0 bridgehead atoms. The van der Waals surface area contributed by atoms with E-state index >= 15 is 0 Å². The second kappa shape index (κ2) is 51.7. The highest BCUT2D eigenvalue weighted by Crippen LogP contribution is 2.16. The monoisotopic (exact) mass is 881 g/mol. The van der Waals surface area contributed by atoms with Gasteiger partial charge in [-0.3, -0.25) is 14.4 Å². The first-order valence-electron chi connectivity index (χ1n) is 26.8. The van der Waals surface area contributed by atoms with Crippen LogP contribution in [0, 0.1) is 0 Å². The first-order chi connectivity index (χ1) is 31.0. The molecule has 0 spiro atoms. The van der Waals surface area contributed by atoms with Gasteiger partial charge in [0.05, 0.1) is 0 Å². The summed E-state index contributed by atoms with van der Waals surface area (Å²) in [7, 11) is 0. The Balaban J connectivity index is 4.04. The molecule has 0 rings (SSSR count). The number of allylic oxidation sites excluding steroid dienone is 10. The smallest absolute Gasteiger partial charge is 0.306 e. The second-order valence-electron chi connectivity index (χ2n) is 17.8. The van der Waals surface area contributed by atoms with Gasteiger partial charge in [0, 0.05) is 19.3 Å². The SMILES string of the molecule is CC/C=C\C/C=C\C/C=C\C/C=C\CCC(=O)OC(COC(=O)CCCCCCC)COC(=O)CCCCCCCCCCCCCCCCC/C=C\CCCCCCCCCC. The van der Waals surface area contributed by atoms with Gasteiger partial charge in [-0.05, 0) is 70.6 Å². The van der Waals surface area contributed by atoms with Crippen LogP contribution in [-0.4, -0.2) is 37.2 Å².